The lowest BCUT2D eigenvalue weighted by atomic mass is 10.2. The van der Waals surface area contributed by atoms with Crippen molar-refractivity contribution in [2.75, 3.05) is 26.2 Å². The number of halogens is 4. The summed E-state index contributed by atoms with van der Waals surface area (Å²) >= 11 is 5.87. The van der Waals surface area contributed by atoms with Gasteiger partial charge in [-0.05, 0) is 17.7 Å². The summed E-state index contributed by atoms with van der Waals surface area (Å²) < 4.78 is 42.0. The van der Waals surface area contributed by atoms with Gasteiger partial charge in [-0.15, -0.1) is 10.2 Å². The van der Waals surface area contributed by atoms with Gasteiger partial charge in [0.2, 0.25) is 5.89 Å². The molecular weight excluding hydrogens is 345 g/mol. The second-order valence-corrected chi connectivity index (χ2v) is 6.11. The molecule has 0 saturated carbocycles. The number of nitrogens with zero attached hydrogens (tertiary/aromatic N) is 4. The first kappa shape index (κ1) is 17.2. The average molecular weight is 361 g/mol. The lowest BCUT2D eigenvalue weighted by Crippen LogP contribution is -2.45. The molecule has 1 aromatic carbocycles. The lowest BCUT2D eigenvalue weighted by molar-refractivity contribution is -0.157. The van der Waals surface area contributed by atoms with E-state index in [2.05, 4.69) is 19.5 Å². The first-order valence-corrected chi connectivity index (χ1v) is 7.87. The van der Waals surface area contributed by atoms with Crippen LogP contribution in [0.25, 0.3) is 0 Å². The highest BCUT2D eigenvalue weighted by Gasteiger charge is 2.38. The molecule has 0 N–H and O–H groups in total. The van der Waals surface area contributed by atoms with Gasteiger partial charge in [-0.3, -0.25) is 9.80 Å². The van der Waals surface area contributed by atoms with Crippen LogP contribution in [0.2, 0.25) is 5.02 Å². The molecule has 1 fully saturated rings. The molecule has 1 aliphatic rings. The van der Waals surface area contributed by atoms with Gasteiger partial charge in [0.1, 0.15) is 0 Å². The molecule has 5 nitrogen and oxygen atoms in total. The first-order chi connectivity index (χ1) is 11.4. The smallest absolute Gasteiger partial charge is 0.416 e. The third kappa shape index (κ3) is 4.46. The minimum absolute atomic E-state index is 0.00604. The van der Waals surface area contributed by atoms with Gasteiger partial charge in [0.25, 0.3) is 0 Å². The summed E-state index contributed by atoms with van der Waals surface area (Å²) in [5.74, 6) is -1.30. The van der Waals surface area contributed by atoms with E-state index in [-0.39, 0.29) is 12.4 Å². The summed E-state index contributed by atoms with van der Waals surface area (Å²) in [7, 11) is 0. The Bertz CT molecular complexity index is 666. The summed E-state index contributed by atoms with van der Waals surface area (Å²) in [6, 6.07) is 7.71. The summed E-state index contributed by atoms with van der Waals surface area (Å²) in [4.78, 5) is 4.29. The molecule has 0 bridgehead atoms. The van der Waals surface area contributed by atoms with E-state index in [1.54, 1.807) is 0 Å². The fourth-order valence-corrected chi connectivity index (χ4v) is 2.70. The molecule has 1 aromatic heterocycles. The van der Waals surface area contributed by atoms with Crippen LogP contribution in [0.15, 0.2) is 28.7 Å². The molecule has 0 atom stereocenters. The summed E-state index contributed by atoms with van der Waals surface area (Å²) in [6.45, 7) is 4.17. The Kier molecular flexibility index (Phi) is 5.07. The SMILES string of the molecule is FC(F)(F)c1nnc(CN2CCN(Cc3ccc(Cl)cc3)CC2)o1. The Morgan fingerprint density at radius 2 is 1.54 bits per heavy atom. The van der Waals surface area contributed by atoms with E-state index < -0.39 is 12.1 Å². The zero-order valence-electron chi connectivity index (χ0n) is 12.8. The van der Waals surface area contributed by atoms with Crippen LogP contribution in [0.4, 0.5) is 13.2 Å². The zero-order valence-corrected chi connectivity index (χ0v) is 13.5. The van der Waals surface area contributed by atoms with Crippen LogP contribution in [0.1, 0.15) is 17.3 Å². The zero-order chi connectivity index (χ0) is 17.2. The molecule has 0 radical (unpaired) electrons. The normalized spacial score (nSPS) is 17.3. The molecule has 0 unspecified atom stereocenters. The average Bonchev–Trinajstić information content (AvgIpc) is 3.00. The van der Waals surface area contributed by atoms with Gasteiger partial charge >= 0.3 is 12.1 Å². The first-order valence-electron chi connectivity index (χ1n) is 7.49. The molecule has 0 amide bonds. The fourth-order valence-electron chi connectivity index (χ4n) is 2.58. The van der Waals surface area contributed by atoms with Crippen molar-refractivity contribution >= 4 is 11.6 Å². The van der Waals surface area contributed by atoms with Gasteiger partial charge in [-0.2, -0.15) is 13.2 Å². The van der Waals surface area contributed by atoms with Crippen LogP contribution in [0, 0.1) is 0 Å². The van der Waals surface area contributed by atoms with Crippen molar-refractivity contribution < 1.29 is 17.6 Å². The van der Waals surface area contributed by atoms with Crippen molar-refractivity contribution in [1.29, 1.82) is 0 Å². The maximum Gasteiger partial charge on any atom is 0.470 e. The monoisotopic (exact) mass is 360 g/mol. The molecule has 1 saturated heterocycles. The quantitative estimate of drug-likeness (QED) is 0.838. The summed E-state index contributed by atoms with van der Waals surface area (Å²) in [6.07, 6.45) is -4.59. The molecule has 24 heavy (non-hydrogen) atoms. The standard InChI is InChI=1S/C15H16ClF3N4O/c16-12-3-1-11(2-4-12)9-22-5-7-23(8-6-22)10-13-20-21-14(24-13)15(17,18)19/h1-4H,5-10H2. The number of rotatable bonds is 4. The molecule has 130 valence electrons. The van der Waals surface area contributed by atoms with Crippen LogP contribution < -0.4 is 0 Å². The predicted octanol–water partition coefficient (Wildman–Crippen LogP) is 3.06. The van der Waals surface area contributed by atoms with Gasteiger partial charge in [0.15, 0.2) is 0 Å². The third-order valence-corrected chi connectivity index (χ3v) is 4.10. The molecular formula is C15H16ClF3N4O. The molecule has 0 aliphatic carbocycles. The van der Waals surface area contributed by atoms with Gasteiger partial charge < -0.3 is 4.42 Å². The van der Waals surface area contributed by atoms with E-state index in [0.29, 0.717) is 5.02 Å². The Morgan fingerprint density at radius 3 is 2.08 bits per heavy atom. The van der Waals surface area contributed by atoms with Crippen molar-refractivity contribution in [2.24, 2.45) is 0 Å². The Labute approximate surface area is 142 Å². The van der Waals surface area contributed by atoms with Crippen molar-refractivity contribution in [1.82, 2.24) is 20.0 Å². The van der Waals surface area contributed by atoms with E-state index in [9.17, 15) is 13.2 Å². The summed E-state index contributed by atoms with van der Waals surface area (Å²) in [5.41, 5.74) is 1.18. The number of benzene rings is 1. The Hall–Kier alpha value is -1.64. The second kappa shape index (κ2) is 7.08. The second-order valence-electron chi connectivity index (χ2n) is 5.68. The number of alkyl halides is 3. The van der Waals surface area contributed by atoms with Crippen molar-refractivity contribution in [2.45, 2.75) is 19.3 Å². The Morgan fingerprint density at radius 1 is 0.958 bits per heavy atom. The maximum atomic E-state index is 12.4. The molecule has 3 rings (SSSR count). The van der Waals surface area contributed by atoms with E-state index in [0.717, 1.165) is 32.7 Å². The molecule has 2 heterocycles. The Balaban J connectivity index is 1.48. The number of hydrogen-bond acceptors (Lipinski definition) is 5. The maximum absolute atomic E-state index is 12.4. The van der Waals surface area contributed by atoms with Gasteiger partial charge in [0.05, 0.1) is 6.54 Å². The van der Waals surface area contributed by atoms with Gasteiger partial charge in [-0.25, -0.2) is 0 Å². The predicted molar refractivity (Wildman–Crippen MR) is 81.3 cm³/mol. The van der Waals surface area contributed by atoms with Gasteiger partial charge in [-0.1, -0.05) is 23.7 Å². The van der Waals surface area contributed by atoms with E-state index in [1.165, 1.54) is 5.56 Å². The number of hydrogen-bond donors (Lipinski definition) is 0. The summed E-state index contributed by atoms with van der Waals surface area (Å²) in [5, 5.41) is 7.22. The highest BCUT2D eigenvalue weighted by atomic mass is 35.5. The van der Waals surface area contributed by atoms with Crippen LogP contribution in [-0.4, -0.2) is 46.2 Å². The lowest BCUT2D eigenvalue weighted by Gasteiger charge is -2.33. The highest BCUT2D eigenvalue weighted by molar-refractivity contribution is 6.30. The van der Waals surface area contributed by atoms with E-state index in [4.69, 9.17) is 11.6 Å². The van der Waals surface area contributed by atoms with Crippen LogP contribution >= 0.6 is 11.6 Å². The van der Waals surface area contributed by atoms with Crippen LogP contribution in [-0.2, 0) is 19.3 Å². The molecule has 2 aromatic rings. The van der Waals surface area contributed by atoms with Crippen LogP contribution in [0.5, 0.6) is 0 Å². The van der Waals surface area contributed by atoms with E-state index >= 15 is 0 Å². The topological polar surface area (TPSA) is 45.4 Å². The third-order valence-electron chi connectivity index (χ3n) is 3.85. The highest BCUT2D eigenvalue weighted by Crippen LogP contribution is 2.28. The fraction of sp³-hybridized carbons (Fsp3) is 0.467. The van der Waals surface area contributed by atoms with Crippen LogP contribution in [0.3, 0.4) is 0 Å². The largest absolute Gasteiger partial charge is 0.470 e. The minimum atomic E-state index is -4.59. The van der Waals surface area contributed by atoms with Gasteiger partial charge in [0, 0.05) is 37.7 Å². The van der Waals surface area contributed by atoms with Crippen molar-refractivity contribution in [3.63, 3.8) is 0 Å². The molecule has 0 spiro atoms. The number of aromatic nitrogens is 2. The van der Waals surface area contributed by atoms with Crippen molar-refractivity contribution in [3.05, 3.63) is 46.6 Å². The number of piperazine rings is 1. The molecule has 9 heteroatoms. The molecule has 1 aliphatic heterocycles. The minimum Gasteiger partial charge on any atom is -0.416 e. The van der Waals surface area contributed by atoms with E-state index in [1.807, 2.05) is 29.2 Å². The van der Waals surface area contributed by atoms with Crippen molar-refractivity contribution in [3.8, 4) is 0 Å².